The molecule has 1 aliphatic carbocycles. The summed E-state index contributed by atoms with van der Waals surface area (Å²) < 4.78 is 1.87. The number of carbonyl (C=O) groups excluding carboxylic acids is 1. The second kappa shape index (κ2) is 5.86. The summed E-state index contributed by atoms with van der Waals surface area (Å²) in [6.07, 6.45) is 6.44. The fourth-order valence-electron chi connectivity index (χ4n) is 2.71. The normalized spacial score (nSPS) is 26.3. The smallest absolute Gasteiger partial charge is 0.307 e. The largest absolute Gasteiger partial charge is 0.481 e. The van der Waals surface area contributed by atoms with Crippen LogP contribution in [0.25, 0.3) is 0 Å². The van der Waals surface area contributed by atoms with Gasteiger partial charge >= 0.3 is 5.97 Å². The molecule has 1 amide bonds. The number of hydrogen-bond acceptors (Lipinski definition) is 3. The summed E-state index contributed by atoms with van der Waals surface area (Å²) in [4.78, 5) is 27.1. The van der Waals surface area contributed by atoms with Crippen molar-refractivity contribution in [3.63, 3.8) is 0 Å². The maximum Gasteiger partial charge on any atom is 0.307 e. The zero-order chi connectivity index (χ0) is 13.8. The van der Waals surface area contributed by atoms with Crippen molar-refractivity contribution in [2.24, 2.45) is 17.8 Å². The van der Waals surface area contributed by atoms with Crippen LogP contribution in [0.15, 0.2) is 18.7 Å². The monoisotopic (exact) mass is 265 g/mol. The molecule has 1 heterocycles. The van der Waals surface area contributed by atoms with Crippen LogP contribution in [-0.2, 0) is 16.1 Å². The molecule has 0 saturated heterocycles. The summed E-state index contributed by atoms with van der Waals surface area (Å²) in [7, 11) is 0. The van der Waals surface area contributed by atoms with Crippen molar-refractivity contribution in [1.29, 1.82) is 0 Å². The molecule has 0 aromatic carbocycles. The number of carbonyl (C=O) groups is 2. The summed E-state index contributed by atoms with van der Waals surface area (Å²) in [5.74, 6) is -1.64. The topological polar surface area (TPSA) is 84.2 Å². The third-order valence-corrected chi connectivity index (χ3v) is 3.68. The van der Waals surface area contributed by atoms with E-state index in [1.807, 2.05) is 17.7 Å². The fourth-order valence-corrected chi connectivity index (χ4v) is 2.71. The van der Waals surface area contributed by atoms with E-state index >= 15 is 0 Å². The van der Waals surface area contributed by atoms with Gasteiger partial charge in [-0.2, -0.15) is 0 Å². The SMILES string of the molecule is CC1C[C@H](C(=O)NCCn2ccnc2)[C@H](C(=O)O)C1. The number of hydrogen-bond donors (Lipinski definition) is 2. The summed E-state index contributed by atoms with van der Waals surface area (Å²) in [6.45, 7) is 3.13. The fraction of sp³-hybridized carbons (Fsp3) is 0.615. The third-order valence-electron chi connectivity index (χ3n) is 3.68. The van der Waals surface area contributed by atoms with Gasteiger partial charge in [0.25, 0.3) is 0 Å². The van der Waals surface area contributed by atoms with E-state index in [9.17, 15) is 9.59 Å². The van der Waals surface area contributed by atoms with Gasteiger partial charge in [0.05, 0.1) is 18.2 Å². The van der Waals surface area contributed by atoms with Crippen molar-refractivity contribution in [2.45, 2.75) is 26.3 Å². The zero-order valence-electron chi connectivity index (χ0n) is 11.0. The first-order valence-corrected chi connectivity index (χ1v) is 6.54. The molecule has 6 heteroatoms. The highest BCUT2D eigenvalue weighted by atomic mass is 16.4. The first-order chi connectivity index (χ1) is 9.08. The Morgan fingerprint density at radius 3 is 2.79 bits per heavy atom. The Morgan fingerprint density at radius 1 is 1.42 bits per heavy atom. The Morgan fingerprint density at radius 2 is 2.16 bits per heavy atom. The average Bonchev–Trinajstić information content (AvgIpc) is 2.98. The highest BCUT2D eigenvalue weighted by Crippen LogP contribution is 2.36. The number of amides is 1. The Bertz CT molecular complexity index is 444. The highest BCUT2D eigenvalue weighted by molar-refractivity contribution is 5.85. The lowest BCUT2D eigenvalue weighted by Gasteiger charge is -2.15. The molecule has 1 unspecified atom stereocenters. The van der Waals surface area contributed by atoms with E-state index in [-0.39, 0.29) is 5.91 Å². The quantitative estimate of drug-likeness (QED) is 0.822. The minimum absolute atomic E-state index is 0.142. The molecule has 6 nitrogen and oxygen atoms in total. The molecule has 0 aliphatic heterocycles. The Hall–Kier alpha value is -1.85. The predicted octanol–water partition coefficient (Wildman–Crippen LogP) is 0.746. The van der Waals surface area contributed by atoms with E-state index in [2.05, 4.69) is 10.3 Å². The molecule has 0 radical (unpaired) electrons. The Balaban J connectivity index is 1.83. The molecule has 104 valence electrons. The van der Waals surface area contributed by atoms with Crippen LogP contribution in [0, 0.1) is 17.8 Å². The van der Waals surface area contributed by atoms with Crippen LogP contribution in [0.2, 0.25) is 0 Å². The first kappa shape index (κ1) is 13.6. The number of nitrogens with one attached hydrogen (secondary N) is 1. The molecule has 3 atom stereocenters. The molecule has 0 bridgehead atoms. The number of aliphatic carboxylic acids is 1. The van der Waals surface area contributed by atoms with Gasteiger partial charge in [-0.1, -0.05) is 6.92 Å². The lowest BCUT2D eigenvalue weighted by Crippen LogP contribution is -2.36. The van der Waals surface area contributed by atoms with Crippen LogP contribution in [0.3, 0.4) is 0 Å². The van der Waals surface area contributed by atoms with E-state index in [4.69, 9.17) is 5.11 Å². The van der Waals surface area contributed by atoms with E-state index in [0.717, 1.165) is 0 Å². The van der Waals surface area contributed by atoms with E-state index in [1.165, 1.54) is 0 Å². The summed E-state index contributed by atoms with van der Waals surface area (Å²) in [5.41, 5.74) is 0. The standard InChI is InChI=1S/C13H19N3O3/c1-9-6-10(11(7-9)13(18)19)12(17)15-3-5-16-4-2-14-8-16/h2,4,8-11H,3,5-7H2,1H3,(H,15,17)(H,18,19)/t9?,10-,11+/m0/s1. The first-order valence-electron chi connectivity index (χ1n) is 6.54. The Kier molecular flexibility index (Phi) is 4.19. The molecule has 19 heavy (non-hydrogen) atoms. The third kappa shape index (κ3) is 3.33. The highest BCUT2D eigenvalue weighted by Gasteiger charge is 2.40. The lowest BCUT2D eigenvalue weighted by molar-refractivity contribution is -0.146. The maximum atomic E-state index is 12.0. The van der Waals surface area contributed by atoms with Gasteiger partial charge in [0.2, 0.25) is 5.91 Å². The summed E-state index contributed by atoms with van der Waals surface area (Å²) >= 11 is 0. The summed E-state index contributed by atoms with van der Waals surface area (Å²) in [6, 6.07) is 0. The van der Waals surface area contributed by atoms with Crippen LogP contribution < -0.4 is 5.32 Å². The molecule has 1 aromatic rings. The van der Waals surface area contributed by atoms with Crippen LogP contribution in [0.4, 0.5) is 0 Å². The number of carboxylic acid groups (broad SMARTS) is 1. The number of carboxylic acids is 1. The van der Waals surface area contributed by atoms with Gasteiger partial charge in [0, 0.05) is 25.5 Å². The minimum atomic E-state index is -0.862. The molecule has 2 rings (SSSR count). The van der Waals surface area contributed by atoms with Crippen molar-refractivity contribution in [2.75, 3.05) is 6.54 Å². The van der Waals surface area contributed by atoms with Crippen LogP contribution >= 0.6 is 0 Å². The van der Waals surface area contributed by atoms with Gasteiger partial charge in [0.1, 0.15) is 0 Å². The van der Waals surface area contributed by atoms with Crippen molar-refractivity contribution in [3.8, 4) is 0 Å². The molecule has 0 spiro atoms. The van der Waals surface area contributed by atoms with E-state index in [0.29, 0.717) is 31.8 Å². The second-order valence-corrected chi connectivity index (χ2v) is 5.22. The van der Waals surface area contributed by atoms with Crippen molar-refractivity contribution in [3.05, 3.63) is 18.7 Å². The number of nitrogens with zero attached hydrogens (tertiary/aromatic N) is 2. The second-order valence-electron chi connectivity index (χ2n) is 5.22. The molecule has 1 aliphatic rings. The van der Waals surface area contributed by atoms with Gasteiger partial charge < -0.3 is 15.0 Å². The van der Waals surface area contributed by atoms with E-state index in [1.54, 1.807) is 12.5 Å². The zero-order valence-corrected chi connectivity index (χ0v) is 11.0. The molecular formula is C13H19N3O3. The van der Waals surface area contributed by atoms with Gasteiger partial charge in [-0.15, -0.1) is 0 Å². The van der Waals surface area contributed by atoms with E-state index < -0.39 is 17.8 Å². The van der Waals surface area contributed by atoms with Gasteiger partial charge in [0.15, 0.2) is 0 Å². The summed E-state index contributed by atoms with van der Waals surface area (Å²) in [5, 5.41) is 12.0. The maximum absolute atomic E-state index is 12.0. The van der Waals surface area contributed by atoms with Crippen molar-refractivity contribution in [1.82, 2.24) is 14.9 Å². The molecule has 1 aromatic heterocycles. The van der Waals surface area contributed by atoms with Crippen molar-refractivity contribution >= 4 is 11.9 Å². The Labute approximate surface area is 111 Å². The molecular weight excluding hydrogens is 246 g/mol. The van der Waals surface area contributed by atoms with Gasteiger partial charge in [-0.05, 0) is 18.8 Å². The minimum Gasteiger partial charge on any atom is -0.481 e. The van der Waals surface area contributed by atoms with Crippen LogP contribution in [-0.4, -0.2) is 33.1 Å². The van der Waals surface area contributed by atoms with Crippen LogP contribution in [0.5, 0.6) is 0 Å². The predicted molar refractivity (Wildman–Crippen MR) is 68.3 cm³/mol. The number of aromatic nitrogens is 2. The number of imidazole rings is 1. The number of rotatable bonds is 5. The lowest BCUT2D eigenvalue weighted by atomic mass is 9.95. The van der Waals surface area contributed by atoms with Crippen molar-refractivity contribution < 1.29 is 14.7 Å². The molecule has 1 saturated carbocycles. The molecule has 2 N–H and O–H groups in total. The van der Waals surface area contributed by atoms with Crippen LogP contribution in [0.1, 0.15) is 19.8 Å². The van der Waals surface area contributed by atoms with Gasteiger partial charge in [-0.3, -0.25) is 9.59 Å². The molecule has 1 fully saturated rings. The van der Waals surface area contributed by atoms with Gasteiger partial charge in [-0.25, -0.2) is 4.98 Å². The average molecular weight is 265 g/mol.